The number of hydrogen-bond acceptors (Lipinski definition) is 6. The highest BCUT2D eigenvalue weighted by molar-refractivity contribution is 5.94. The van der Waals surface area contributed by atoms with Crippen LogP contribution in [-0.2, 0) is 0 Å². The van der Waals surface area contributed by atoms with Crippen LogP contribution in [-0.4, -0.2) is 61.9 Å². The Bertz CT molecular complexity index is 890. The second kappa shape index (κ2) is 6.87. The minimum atomic E-state index is -0.491. The number of carbonyl (C=O) groups excluding carboxylic acids is 1. The lowest BCUT2D eigenvalue weighted by atomic mass is 10.1. The molecule has 2 aromatic heterocycles. The Balaban J connectivity index is 1.40. The quantitative estimate of drug-likeness (QED) is 0.703. The van der Waals surface area contributed by atoms with Crippen molar-refractivity contribution in [1.82, 2.24) is 29.9 Å². The molecule has 132 valence electrons. The average Bonchev–Trinajstić information content (AvgIpc) is 3.23. The van der Waals surface area contributed by atoms with Crippen molar-refractivity contribution in [2.75, 3.05) is 31.1 Å². The predicted molar refractivity (Wildman–Crippen MR) is 91.5 cm³/mol. The van der Waals surface area contributed by atoms with Gasteiger partial charge in [0.05, 0.1) is 5.56 Å². The van der Waals surface area contributed by atoms with Crippen LogP contribution in [0.2, 0.25) is 0 Å². The van der Waals surface area contributed by atoms with Crippen molar-refractivity contribution in [3.8, 4) is 5.82 Å². The fourth-order valence-corrected chi connectivity index (χ4v) is 2.88. The lowest BCUT2D eigenvalue weighted by Crippen LogP contribution is -2.49. The molecule has 1 aromatic carbocycles. The summed E-state index contributed by atoms with van der Waals surface area (Å²) in [7, 11) is 0. The fourth-order valence-electron chi connectivity index (χ4n) is 2.88. The fraction of sp³-hybridized carbons (Fsp3) is 0.235. The van der Waals surface area contributed by atoms with E-state index in [0.29, 0.717) is 32.0 Å². The third-order valence-corrected chi connectivity index (χ3v) is 4.29. The number of piperazine rings is 1. The molecule has 0 N–H and O–H groups in total. The molecule has 1 amide bonds. The maximum Gasteiger partial charge on any atom is 0.256 e. The Morgan fingerprint density at radius 1 is 0.962 bits per heavy atom. The summed E-state index contributed by atoms with van der Waals surface area (Å²) in [5, 5.41) is 12.4. The molecule has 1 saturated heterocycles. The van der Waals surface area contributed by atoms with Crippen molar-refractivity contribution in [1.29, 1.82) is 0 Å². The summed E-state index contributed by atoms with van der Waals surface area (Å²) in [5.41, 5.74) is 0.109. The zero-order valence-electron chi connectivity index (χ0n) is 13.9. The number of nitrogens with zero attached hydrogens (tertiary/aromatic N) is 7. The van der Waals surface area contributed by atoms with Gasteiger partial charge in [0, 0.05) is 26.2 Å². The van der Waals surface area contributed by atoms with E-state index in [-0.39, 0.29) is 11.5 Å². The van der Waals surface area contributed by atoms with Crippen LogP contribution in [0.25, 0.3) is 5.82 Å². The summed E-state index contributed by atoms with van der Waals surface area (Å²) in [6.45, 7) is 2.22. The van der Waals surface area contributed by atoms with Crippen molar-refractivity contribution in [2.45, 2.75) is 0 Å². The first-order valence-corrected chi connectivity index (χ1v) is 8.20. The average molecular weight is 353 g/mol. The predicted octanol–water partition coefficient (Wildman–Crippen LogP) is 1.16. The third kappa shape index (κ3) is 3.10. The Hall–Kier alpha value is -3.36. The molecule has 3 aromatic rings. The molecule has 3 heterocycles. The van der Waals surface area contributed by atoms with Crippen molar-refractivity contribution in [3.05, 3.63) is 60.4 Å². The number of halogens is 1. The lowest BCUT2D eigenvalue weighted by Gasteiger charge is -2.35. The zero-order valence-corrected chi connectivity index (χ0v) is 13.9. The van der Waals surface area contributed by atoms with Crippen LogP contribution in [0.5, 0.6) is 0 Å². The van der Waals surface area contributed by atoms with Gasteiger partial charge in [-0.2, -0.15) is 5.10 Å². The first kappa shape index (κ1) is 16.1. The van der Waals surface area contributed by atoms with Crippen molar-refractivity contribution >= 4 is 11.7 Å². The smallest absolute Gasteiger partial charge is 0.256 e. The molecule has 9 heteroatoms. The number of benzene rings is 1. The SMILES string of the molecule is O=C(c1ccccc1F)N1CCN(c2ccc(-n3cncn3)nn2)CC1. The van der Waals surface area contributed by atoms with Crippen LogP contribution in [0.1, 0.15) is 10.4 Å². The summed E-state index contributed by atoms with van der Waals surface area (Å²) in [4.78, 5) is 20.0. The Morgan fingerprint density at radius 3 is 2.35 bits per heavy atom. The van der Waals surface area contributed by atoms with E-state index in [1.165, 1.54) is 23.1 Å². The summed E-state index contributed by atoms with van der Waals surface area (Å²) < 4.78 is 15.3. The number of carbonyl (C=O) groups is 1. The van der Waals surface area contributed by atoms with Crippen LogP contribution in [0.15, 0.2) is 49.1 Å². The summed E-state index contributed by atoms with van der Waals surface area (Å²) in [5.74, 6) is 0.538. The van der Waals surface area contributed by atoms with Crippen LogP contribution in [0.4, 0.5) is 10.2 Å². The van der Waals surface area contributed by atoms with E-state index in [9.17, 15) is 9.18 Å². The van der Waals surface area contributed by atoms with Gasteiger partial charge in [-0.1, -0.05) is 12.1 Å². The summed E-state index contributed by atoms with van der Waals surface area (Å²) in [6, 6.07) is 9.73. The minimum Gasteiger partial charge on any atom is -0.352 e. The highest BCUT2D eigenvalue weighted by Crippen LogP contribution is 2.16. The van der Waals surface area contributed by atoms with Gasteiger partial charge in [0.25, 0.3) is 5.91 Å². The molecule has 0 unspecified atom stereocenters. The van der Waals surface area contributed by atoms with Crippen molar-refractivity contribution in [3.63, 3.8) is 0 Å². The van der Waals surface area contributed by atoms with Crippen molar-refractivity contribution < 1.29 is 9.18 Å². The number of amides is 1. The number of rotatable bonds is 3. The van der Waals surface area contributed by atoms with E-state index >= 15 is 0 Å². The van der Waals surface area contributed by atoms with Crippen LogP contribution >= 0.6 is 0 Å². The number of hydrogen-bond donors (Lipinski definition) is 0. The van der Waals surface area contributed by atoms with Gasteiger partial charge in [0.1, 0.15) is 18.5 Å². The molecule has 0 aliphatic carbocycles. The molecular formula is C17H16FN7O. The number of aromatic nitrogens is 5. The Kier molecular flexibility index (Phi) is 4.26. The summed E-state index contributed by atoms with van der Waals surface area (Å²) >= 11 is 0. The Labute approximate surface area is 148 Å². The zero-order chi connectivity index (χ0) is 17.9. The molecule has 0 saturated carbocycles. The highest BCUT2D eigenvalue weighted by Gasteiger charge is 2.24. The van der Waals surface area contributed by atoms with Gasteiger partial charge in [-0.05, 0) is 24.3 Å². The standard InChI is InChI=1S/C17H16FN7O/c18-14-4-2-1-3-13(14)17(26)24-9-7-23(8-10-24)15-5-6-16(22-21-15)25-12-19-11-20-25/h1-6,11-12H,7-10H2. The maximum atomic E-state index is 13.8. The molecule has 0 bridgehead atoms. The molecule has 0 atom stereocenters. The topological polar surface area (TPSA) is 80.0 Å². The highest BCUT2D eigenvalue weighted by atomic mass is 19.1. The van der Waals surface area contributed by atoms with Gasteiger partial charge in [-0.3, -0.25) is 4.79 Å². The lowest BCUT2D eigenvalue weighted by molar-refractivity contribution is 0.0742. The van der Waals surface area contributed by atoms with Gasteiger partial charge in [0.15, 0.2) is 11.6 Å². The largest absolute Gasteiger partial charge is 0.352 e. The van der Waals surface area contributed by atoms with E-state index < -0.39 is 5.82 Å². The molecule has 4 rings (SSSR count). The maximum absolute atomic E-state index is 13.8. The van der Waals surface area contributed by atoms with E-state index in [1.54, 1.807) is 23.4 Å². The van der Waals surface area contributed by atoms with Crippen LogP contribution in [0.3, 0.4) is 0 Å². The molecule has 0 spiro atoms. The first-order chi connectivity index (χ1) is 12.7. The minimum absolute atomic E-state index is 0.109. The summed E-state index contributed by atoms with van der Waals surface area (Å²) in [6.07, 6.45) is 2.98. The molecule has 0 radical (unpaired) electrons. The van der Waals surface area contributed by atoms with E-state index in [0.717, 1.165) is 5.82 Å². The molecule has 26 heavy (non-hydrogen) atoms. The Morgan fingerprint density at radius 2 is 1.69 bits per heavy atom. The second-order valence-corrected chi connectivity index (χ2v) is 5.85. The first-order valence-electron chi connectivity index (χ1n) is 8.20. The van der Waals surface area contributed by atoms with Gasteiger partial charge in [-0.15, -0.1) is 10.2 Å². The molecule has 8 nitrogen and oxygen atoms in total. The van der Waals surface area contributed by atoms with Gasteiger partial charge in [-0.25, -0.2) is 14.1 Å². The van der Waals surface area contributed by atoms with Crippen LogP contribution in [0, 0.1) is 5.82 Å². The van der Waals surface area contributed by atoms with Crippen LogP contribution < -0.4 is 4.90 Å². The normalized spacial score (nSPS) is 14.5. The second-order valence-electron chi connectivity index (χ2n) is 5.85. The monoisotopic (exact) mass is 353 g/mol. The molecular weight excluding hydrogens is 337 g/mol. The van der Waals surface area contributed by atoms with Crippen molar-refractivity contribution in [2.24, 2.45) is 0 Å². The molecule has 1 aliphatic heterocycles. The molecule has 1 fully saturated rings. The van der Waals surface area contributed by atoms with E-state index in [4.69, 9.17) is 0 Å². The third-order valence-electron chi connectivity index (χ3n) is 4.29. The van der Waals surface area contributed by atoms with Gasteiger partial charge >= 0.3 is 0 Å². The van der Waals surface area contributed by atoms with Gasteiger partial charge in [0.2, 0.25) is 0 Å². The van der Waals surface area contributed by atoms with Gasteiger partial charge < -0.3 is 9.80 Å². The molecule has 1 aliphatic rings. The van der Waals surface area contributed by atoms with E-state index in [1.807, 2.05) is 17.0 Å². The van der Waals surface area contributed by atoms with E-state index in [2.05, 4.69) is 20.3 Å². The number of anilines is 1.